The summed E-state index contributed by atoms with van der Waals surface area (Å²) >= 11 is 3.66. The first kappa shape index (κ1) is 7.07. The fourth-order valence-electron chi connectivity index (χ4n) is 1.03. The van der Waals surface area contributed by atoms with Crippen LogP contribution in [0.15, 0.2) is 23.6 Å². The van der Waals surface area contributed by atoms with Gasteiger partial charge in [0, 0.05) is 14.3 Å². The fourth-order valence-corrected chi connectivity index (χ4v) is 3.12. The Morgan fingerprint density at radius 2 is 2.27 bits per heavy atom. The van der Waals surface area contributed by atoms with Crippen LogP contribution in [0.2, 0.25) is 0 Å². The summed E-state index contributed by atoms with van der Waals surface area (Å²) < 4.78 is 2.81. The van der Waals surface area contributed by atoms with Crippen LogP contribution in [0, 0.1) is 0 Å². The molecular weight excluding hydrogens is 172 g/mol. The lowest BCUT2D eigenvalue weighted by molar-refractivity contribution is 1.79. The topological polar surface area (TPSA) is 0 Å². The van der Waals surface area contributed by atoms with Crippen molar-refractivity contribution in [3.8, 4) is 0 Å². The van der Waals surface area contributed by atoms with Crippen LogP contribution in [-0.2, 0) is 0 Å². The van der Waals surface area contributed by atoms with Gasteiger partial charge in [-0.05, 0) is 30.5 Å². The van der Waals surface area contributed by atoms with E-state index in [1.165, 1.54) is 14.3 Å². The van der Waals surface area contributed by atoms with Crippen LogP contribution in [0.3, 0.4) is 0 Å². The zero-order valence-corrected chi connectivity index (χ0v) is 7.84. The van der Waals surface area contributed by atoms with Crippen LogP contribution in [0.5, 0.6) is 0 Å². The lowest BCUT2D eigenvalue weighted by atomic mass is 10.4. The van der Waals surface area contributed by atoms with Gasteiger partial charge in [-0.1, -0.05) is 6.08 Å². The number of hydrogen-bond acceptors (Lipinski definition) is 2. The summed E-state index contributed by atoms with van der Waals surface area (Å²) in [6, 6.07) is 4.42. The highest BCUT2D eigenvalue weighted by molar-refractivity contribution is 7.27. The fraction of sp³-hybridized carbons (Fsp3) is 0.111. The molecule has 2 aromatic rings. The average Bonchev–Trinajstić information content (AvgIpc) is 2.46. The summed E-state index contributed by atoms with van der Waals surface area (Å²) in [5.74, 6) is 0. The molecule has 0 aliphatic rings. The summed E-state index contributed by atoms with van der Waals surface area (Å²) in [4.78, 5) is 1.36. The summed E-state index contributed by atoms with van der Waals surface area (Å²) in [6.07, 6.45) is 4.23. The molecule has 0 amide bonds. The molecule has 0 nitrogen and oxygen atoms in total. The van der Waals surface area contributed by atoms with Crippen LogP contribution in [0.4, 0.5) is 0 Å². The summed E-state index contributed by atoms with van der Waals surface area (Å²) in [5, 5.41) is 2.14. The van der Waals surface area contributed by atoms with Crippen molar-refractivity contribution in [2.45, 2.75) is 6.92 Å². The van der Waals surface area contributed by atoms with Gasteiger partial charge in [-0.25, -0.2) is 0 Å². The van der Waals surface area contributed by atoms with Crippen molar-refractivity contribution in [2.24, 2.45) is 0 Å². The monoisotopic (exact) mass is 180 g/mol. The summed E-state index contributed by atoms with van der Waals surface area (Å²) in [7, 11) is 0. The minimum Gasteiger partial charge on any atom is -0.143 e. The largest absolute Gasteiger partial charge is 0.143 e. The first-order valence-electron chi connectivity index (χ1n) is 3.50. The molecule has 56 valence electrons. The molecule has 0 aliphatic heterocycles. The Hall–Kier alpha value is -0.600. The van der Waals surface area contributed by atoms with E-state index >= 15 is 0 Å². The highest BCUT2D eigenvalue weighted by Crippen LogP contribution is 2.30. The van der Waals surface area contributed by atoms with E-state index < -0.39 is 0 Å². The Morgan fingerprint density at radius 3 is 3.00 bits per heavy atom. The van der Waals surface area contributed by atoms with Gasteiger partial charge in [-0.15, -0.1) is 22.7 Å². The molecule has 0 fully saturated rings. The maximum atomic E-state index is 2.24. The molecule has 0 atom stereocenters. The van der Waals surface area contributed by atoms with E-state index in [9.17, 15) is 0 Å². The minimum absolute atomic E-state index is 1.36. The van der Waals surface area contributed by atoms with Gasteiger partial charge in [0.05, 0.1) is 0 Å². The third-order valence-corrected chi connectivity index (χ3v) is 3.55. The molecule has 0 aromatic carbocycles. The number of thiophene rings is 2. The highest BCUT2D eigenvalue weighted by Gasteiger charge is 1.98. The van der Waals surface area contributed by atoms with Gasteiger partial charge in [-0.3, -0.25) is 0 Å². The van der Waals surface area contributed by atoms with Crippen molar-refractivity contribution >= 4 is 38.1 Å². The standard InChI is InChI=1S/C9H8S2/c1-2-3-7-6-9-8(11-7)4-5-10-9/h2-6H,1H3/b3-2+. The Labute approximate surface area is 73.8 Å². The Kier molecular flexibility index (Phi) is 1.80. The number of fused-ring (bicyclic) bond motifs is 1. The number of hydrogen-bond donors (Lipinski definition) is 0. The molecule has 2 aromatic heterocycles. The minimum atomic E-state index is 1.36. The van der Waals surface area contributed by atoms with E-state index in [0.29, 0.717) is 0 Å². The molecule has 0 bridgehead atoms. The van der Waals surface area contributed by atoms with Crippen molar-refractivity contribution in [2.75, 3.05) is 0 Å². The molecular formula is C9H8S2. The Morgan fingerprint density at radius 1 is 1.36 bits per heavy atom. The van der Waals surface area contributed by atoms with Crippen molar-refractivity contribution < 1.29 is 0 Å². The van der Waals surface area contributed by atoms with Gasteiger partial charge in [0.25, 0.3) is 0 Å². The normalized spacial score (nSPS) is 11.7. The molecule has 2 rings (SSSR count). The van der Waals surface area contributed by atoms with E-state index in [1.807, 2.05) is 29.6 Å². The quantitative estimate of drug-likeness (QED) is 0.622. The second kappa shape index (κ2) is 2.80. The van der Waals surface area contributed by atoms with Crippen molar-refractivity contribution in [3.63, 3.8) is 0 Å². The van der Waals surface area contributed by atoms with Crippen molar-refractivity contribution in [1.82, 2.24) is 0 Å². The van der Waals surface area contributed by atoms with Gasteiger partial charge in [-0.2, -0.15) is 0 Å². The number of rotatable bonds is 1. The smallest absolute Gasteiger partial charge is 0.0456 e. The van der Waals surface area contributed by atoms with Crippen LogP contribution >= 0.6 is 22.7 Å². The molecule has 2 heteroatoms. The molecule has 0 saturated carbocycles. The second-order valence-electron chi connectivity index (χ2n) is 2.30. The summed E-state index contributed by atoms with van der Waals surface area (Å²) in [6.45, 7) is 2.05. The van der Waals surface area contributed by atoms with E-state index in [1.54, 1.807) is 0 Å². The van der Waals surface area contributed by atoms with Crippen molar-refractivity contribution in [3.05, 3.63) is 28.5 Å². The van der Waals surface area contributed by atoms with E-state index in [2.05, 4.69) is 29.7 Å². The molecule has 2 heterocycles. The Bertz CT molecular complexity index is 350. The maximum absolute atomic E-state index is 2.24. The van der Waals surface area contributed by atoms with E-state index in [-0.39, 0.29) is 0 Å². The highest BCUT2D eigenvalue weighted by atomic mass is 32.1. The molecule has 0 N–H and O–H groups in total. The predicted octanol–water partition coefficient (Wildman–Crippen LogP) is 4.00. The predicted molar refractivity (Wildman–Crippen MR) is 54.4 cm³/mol. The third kappa shape index (κ3) is 1.24. The first-order valence-corrected chi connectivity index (χ1v) is 5.19. The zero-order valence-electron chi connectivity index (χ0n) is 6.20. The molecule has 0 saturated heterocycles. The molecule has 0 radical (unpaired) electrons. The molecule has 0 aliphatic carbocycles. The lowest BCUT2D eigenvalue weighted by Crippen LogP contribution is -1.51. The zero-order chi connectivity index (χ0) is 7.68. The van der Waals surface area contributed by atoms with Crippen LogP contribution in [0.25, 0.3) is 15.5 Å². The van der Waals surface area contributed by atoms with Gasteiger partial charge >= 0.3 is 0 Å². The second-order valence-corrected chi connectivity index (χ2v) is 4.36. The summed E-state index contributed by atoms with van der Waals surface area (Å²) in [5.41, 5.74) is 0. The Balaban J connectivity index is 2.58. The molecule has 11 heavy (non-hydrogen) atoms. The third-order valence-electron chi connectivity index (χ3n) is 1.49. The lowest BCUT2D eigenvalue weighted by Gasteiger charge is -1.76. The van der Waals surface area contributed by atoms with Gasteiger partial charge in [0.15, 0.2) is 0 Å². The average molecular weight is 180 g/mol. The SMILES string of the molecule is C/C=C/c1cc2sccc2s1. The van der Waals surface area contributed by atoms with Crippen LogP contribution in [0.1, 0.15) is 11.8 Å². The van der Waals surface area contributed by atoms with Gasteiger partial charge in [0.1, 0.15) is 0 Å². The van der Waals surface area contributed by atoms with Crippen LogP contribution < -0.4 is 0 Å². The van der Waals surface area contributed by atoms with Crippen molar-refractivity contribution in [1.29, 1.82) is 0 Å². The van der Waals surface area contributed by atoms with Gasteiger partial charge < -0.3 is 0 Å². The maximum Gasteiger partial charge on any atom is 0.0456 e. The molecule has 0 spiro atoms. The van der Waals surface area contributed by atoms with Crippen LogP contribution in [-0.4, -0.2) is 0 Å². The van der Waals surface area contributed by atoms with Gasteiger partial charge in [0.2, 0.25) is 0 Å². The van der Waals surface area contributed by atoms with E-state index in [4.69, 9.17) is 0 Å². The first-order chi connectivity index (χ1) is 5.40. The number of allylic oxidation sites excluding steroid dienone is 1. The van der Waals surface area contributed by atoms with E-state index in [0.717, 1.165) is 0 Å². The molecule has 0 unspecified atom stereocenters.